The smallest absolute Gasteiger partial charge is 0.339 e. The minimum absolute atomic E-state index is 0.0539. The Morgan fingerprint density at radius 3 is 2.81 bits per heavy atom. The van der Waals surface area contributed by atoms with Gasteiger partial charge in [0.15, 0.2) is 6.61 Å². The van der Waals surface area contributed by atoms with Gasteiger partial charge in [0.25, 0.3) is 5.91 Å². The quantitative estimate of drug-likeness (QED) is 0.654. The lowest BCUT2D eigenvalue weighted by atomic mass is 9.48. The van der Waals surface area contributed by atoms with Gasteiger partial charge in [0, 0.05) is 42.6 Å². The molecule has 2 heterocycles. The Morgan fingerprint density at radius 2 is 2.06 bits per heavy atom. The lowest BCUT2D eigenvalue weighted by Crippen LogP contribution is -2.55. The normalized spacial score (nSPS) is 25.9. The molecule has 2 atom stereocenters. The number of methoxy groups -OCH3 is 1. The molecule has 1 aromatic carbocycles. The maximum Gasteiger partial charge on any atom is 0.339 e. The van der Waals surface area contributed by atoms with Gasteiger partial charge in [-0.15, -0.1) is 0 Å². The van der Waals surface area contributed by atoms with Crippen molar-refractivity contribution in [3.63, 3.8) is 0 Å². The van der Waals surface area contributed by atoms with Crippen LogP contribution in [-0.4, -0.2) is 44.2 Å². The van der Waals surface area contributed by atoms with E-state index >= 15 is 0 Å². The summed E-state index contributed by atoms with van der Waals surface area (Å²) in [5.41, 5.74) is 2.21. The molecule has 3 aliphatic rings. The standard InChI is InChI=1S/C24H28ClNO5/c1-23(2)11-24(13-29-3)12-26(9-20(23)24)21(27)10-30-19-8-18-16(7-17(19)25)14-5-4-6-15(14)22(28)31-18/h7-8,20H,4-6,9-13H2,1-3H3/t20-,24-/m1/s1. The molecular formula is C24H28ClNO5. The first-order valence-electron chi connectivity index (χ1n) is 10.9. The predicted molar refractivity (Wildman–Crippen MR) is 118 cm³/mol. The average Bonchev–Trinajstić information content (AvgIpc) is 3.31. The third kappa shape index (κ3) is 3.26. The average molecular weight is 446 g/mol. The third-order valence-corrected chi connectivity index (χ3v) is 7.86. The van der Waals surface area contributed by atoms with E-state index in [1.54, 1.807) is 19.2 Å². The molecule has 7 heteroatoms. The number of benzene rings is 1. The Morgan fingerprint density at radius 1 is 1.29 bits per heavy atom. The Labute approximate surface area is 186 Å². The van der Waals surface area contributed by atoms with Crippen LogP contribution in [0.1, 0.15) is 37.8 Å². The molecular weight excluding hydrogens is 418 g/mol. The first-order valence-corrected chi connectivity index (χ1v) is 11.3. The number of carbonyl (C=O) groups is 1. The van der Waals surface area contributed by atoms with Crippen LogP contribution in [0.3, 0.4) is 0 Å². The van der Waals surface area contributed by atoms with Crippen LogP contribution in [0.4, 0.5) is 0 Å². The number of hydrogen-bond acceptors (Lipinski definition) is 5. The van der Waals surface area contributed by atoms with E-state index in [0.717, 1.165) is 48.7 Å². The van der Waals surface area contributed by atoms with E-state index < -0.39 is 0 Å². The van der Waals surface area contributed by atoms with Crippen molar-refractivity contribution >= 4 is 28.5 Å². The highest BCUT2D eigenvalue weighted by atomic mass is 35.5. The largest absolute Gasteiger partial charge is 0.482 e. The van der Waals surface area contributed by atoms with Gasteiger partial charge in [0.05, 0.1) is 11.6 Å². The summed E-state index contributed by atoms with van der Waals surface area (Å²) in [6.07, 6.45) is 3.60. The molecule has 0 bridgehead atoms. The Kier molecular flexibility index (Phi) is 4.87. The number of carbonyl (C=O) groups excluding carboxylic acids is 1. The third-order valence-electron chi connectivity index (χ3n) is 7.56. The van der Waals surface area contributed by atoms with Crippen molar-refractivity contribution in [1.29, 1.82) is 0 Å². The molecule has 1 saturated heterocycles. The molecule has 0 unspecified atom stereocenters. The second-order valence-corrected chi connectivity index (χ2v) is 10.5. The molecule has 6 nitrogen and oxygen atoms in total. The summed E-state index contributed by atoms with van der Waals surface area (Å²) in [6, 6.07) is 3.42. The SMILES string of the molecule is COC[C@@]12CN(C(=O)COc3cc4oc(=O)c5c(c4cc3Cl)CCC5)C[C@@H]1C(C)(C)C2. The Hall–Kier alpha value is -2.05. The van der Waals surface area contributed by atoms with Crippen molar-refractivity contribution < 1.29 is 18.7 Å². The molecule has 1 aromatic heterocycles. The number of fused-ring (bicyclic) bond motifs is 4. The summed E-state index contributed by atoms with van der Waals surface area (Å²) in [7, 11) is 1.72. The number of halogens is 1. The van der Waals surface area contributed by atoms with E-state index in [4.69, 9.17) is 25.5 Å². The molecule has 2 aliphatic carbocycles. The van der Waals surface area contributed by atoms with Crippen molar-refractivity contribution in [2.24, 2.45) is 16.7 Å². The lowest BCUT2D eigenvalue weighted by molar-refractivity contribution is -0.133. The number of nitrogens with zero attached hydrogens (tertiary/aromatic N) is 1. The van der Waals surface area contributed by atoms with Gasteiger partial charge in [-0.2, -0.15) is 0 Å². The highest BCUT2D eigenvalue weighted by molar-refractivity contribution is 6.32. The predicted octanol–water partition coefficient (Wildman–Crippen LogP) is 3.84. The van der Waals surface area contributed by atoms with Gasteiger partial charge in [0.2, 0.25) is 0 Å². The lowest BCUT2D eigenvalue weighted by Gasteiger charge is -2.56. The maximum atomic E-state index is 12.9. The Balaban J connectivity index is 1.32. The summed E-state index contributed by atoms with van der Waals surface area (Å²) in [6.45, 7) is 6.52. The van der Waals surface area contributed by atoms with Crippen LogP contribution >= 0.6 is 11.6 Å². The van der Waals surface area contributed by atoms with Crippen LogP contribution in [0, 0.1) is 16.7 Å². The van der Waals surface area contributed by atoms with E-state index in [1.165, 1.54) is 0 Å². The fourth-order valence-electron chi connectivity index (χ4n) is 6.42. The minimum Gasteiger partial charge on any atom is -0.482 e. The van der Waals surface area contributed by atoms with Crippen molar-refractivity contribution in [3.05, 3.63) is 38.7 Å². The molecule has 0 spiro atoms. The van der Waals surface area contributed by atoms with Crippen LogP contribution in [-0.2, 0) is 22.4 Å². The summed E-state index contributed by atoms with van der Waals surface area (Å²) in [4.78, 5) is 27.1. The number of rotatable bonds is 5. The van der Waals surface area contributed by atoms with Crippen molar-refractivity contribution in [1.82, 2.24) is 4.90 Å². The van der Waals surface area contributed by atoms with Crippen molar-refractivity contribution in [3.8, 4) is 5.75 Å². The van der Waals surface area contributed by atoms with Crippen LogP contribution in [0.2, 0.25) is 5.02 Å². The first-order chi connectivity index (χ1) is 14.7. The monoisotopic (exact) mass is 445 g/mol. The molecule has 31 heavy (non-hydrogen) atoms. The second kappa shape index (κ2) is 7.24. The molecule has 166 valence electrons. The van der Waals surface area contributed by atoms with E-state index in [9.17, 15) is 9.59 Å². The zero-order valence-corrected chi connectivity index (χ0v) is 19.0. The summed E-state index contributed by atoms with van der Waals surface area (Å²) in [5, 5.41) is 1.28. The minimum atomic E-state index is -0.289. The molecule has 1 amide bonds. The van der Waals surface area contributed by atoms with Crippen molar-refractivity contribution in [2.45, 2.75) is 39.5 Å². The number of amides is 1. The molecule has 0 radical (unpaired) electrons. The maximum absolute atomic E-state index is 12.9. The van der Waals surface area contributed by atoms with E-state index in [-0.39, 0.29) is 29.0 Å². The van der Waals surface area contributed by atoms with Gasteiger partial charge in [0.1, 0.15) is 11.3 Å². The van der Waals surface area contributed by atoms with E-state index in [2.05, 4.69) is 13.8 Å². The van der Waals surface area contributed by atoms with Gasteiger partial charge < -0.3 is 18.8 Å². The van der Waals surface area contributed by atoms with Crippen LogP contribution in [0.15, 0.2) is 21.3 Å². The molecule has 1 aliphatic heterocycles. The fourth-order valence-corrected chi connectivity index (χ4v) is 6.64. The zero-order chi connectivity index (χ0) is 22.0. The summed E-state index contributed by atoms with van der Waals surface area (Å²) in [5.74, 6) is 0.731. The Bertz CT molecular complexity index is 1120. The molecule has 2 aromatic rings. The highest BCUT2D eigenvalue weighted by Gasteiger charge is 2.63. The zero-order valence-electron chi connectivity index (χ0n) is 18.3. The fraction of sp³-hybridized carbons (Fsp3) is 0.583. The summed E-state index contributed by atoms with van der Waals surface area (Å²) >= 11 is 6.46. The molecule has 1 saturated carbocycles. The van der Waals surface area contributed by atoms with Crippen LogP contribution in [0.25, 0.3) is 11.0 Å². The highest BCUT2D eigenvalue weighted by Crippen LogP contribution is 2.62. The number of hydrogen-bond donors (Lipinski definition) is 0. The molecule has 0 N–H and O–H groups in total. The van der Waals surface area contributed by atoms with Gasteiger partial charge in [-0.3, -0.25) is 4.79 Å². The topological polar surface area (TPSA) is 69.0 Å². The van der Waals surface area contributed by atoms with E-state index in [1.807, 2.05) is 4.90 Å². The van der Waals surface area contributed by atoms with E-state index in [0.29, 0.717) is 35.4 Å². The number of ether oxygens (including phenoxy) is 2. The van der Waals surface area contributed by atoms with Gasteiger partial charge in [-0.1, -0.05) is 25.4 Å². The van der Waals surface area contributed by atoms with Gasteiger partial charge in [-0.05, 0) is 48.6 Å². The molecule has 2 fully saturated rings. The second-order valence-electron chi connectivity index (χ2n) is 10.1. The van der Waals surface area contributed by atoms with Gasteiger partial charge >= 0.3 is 5.63 Å². The van der Waals surface area contributed by atoms with Crippen molar-refractivity contribution in [2.75, 3.05) is 33.4 Å². The van der Waals surface area contributed by atoms with Crippen LogP contribution < -0.4 is 10.4 Å². The molecule has 5 rings (SSSR count). The number of aryl methyl sites for hydroxylation is 1. The van der Waals surface area contributed by atoms with Gasteiger partial charge in [-0.25, -0.2) is 4.79 Å². The number of likely N-dealkylation sites (tertiary alicyclic amines) is 1. The first kappa shape index (κ1) is 20.8. The summed E-state index contributed by atoms with van der Waals surface area (Å²) < 4.78 is 16.8. The van der Waals surface area contributed by atoms with Crippen LogP contribution in [0.5, 0.6) is 5.75 Å².